The minimum absolute atomic E-state index is 0.0115. The fourth-order valence-electron chi connectivity index (χ4n) is 4.19. The summed E-state index contributed by atoms with van der Waals surface area (Å²) >= 11 is 0. The fraction of sp³-hybridized carbons (Fsp3) is 0.478. The summed E-state index contributed by atoms with van der Waals surface area (Å²) in [6.45, 7) is 7.16. The Bertz CT molecular complexity index is 1140. The number of amides is 1. The van der Waals surface area contributed by atoms with Gasteiger partial charge in [0, 0.05) is 25.9 Å². The Morgan fingerprint density at radius 3 is 2.71 bits per heavy atom. The zero-order valence-electron chi connectivity index (χ0n) is 18.3. The fourth-order valence-corrected chi connectivity index (χ4v) is 4.19. The van der Waals surface area contributed by atoms with Gasteiger partial charge in [0.05, 0.1) is 0 Å². The minimum atomic E-state index is -0.893. The lowest BCUT2D eigenvalue weighted by Gasteiger charge is -2.12. The van der Waals surface area contributed by atoms with Gasteiger partial charge in [-0.2, -0.15) is 14.4 Å². The number of nitrogens with zero attached hydrogens (tertiary/aromatic N) is 4. The van der Waals surface area contributed by atoms with E-state index in [0.29, 0.717) is 42.4 Å². The number of anilines is 1. The number of nitrogens with one attached hydrogen (secondary N) is 1. The van der Waals surface area contributed by atoms with Gasteiger partial charge in [0.1, 0.15) is 5.82 Å². The van der Waals surface area contributed by atoms with Crippen molar-refractivity contribution in [2.45, 2.75) is 59.4 Å². The van der Waals surface area contributed by atoms with E-state index in [9.17, 15) is 9.18 Å². The number of rotatable bonds is 7. The van der Waals surface area contributed by atoms with Gasteiger partial charge in [0.15, 0.2) is 17.0 Å². The summed E-state index contributed by atoms with van der Waals surface area (Å²) in [6, 6.07) is 4.52. The van der Waals surface area contributed by atoms with Crippen molar-refractivity contribution < 1.29 is 9.18 Å². The standard InChI is InChI=1S/C23H29FN6O/c1-13(2)12-26-19(31)7-8-30-18(27-20-21(25)28-23(24)29-22(20)30)11-17-10-16-6-4-5-15(16)9-14(17)3/h9-10,13H,4-8,11-12H2,1-3H3,(H,26,31)(H2,25,28,29). The molecule has 0 bridgehead atoms. The second kappa shape index (κ2) is 8.61. The first-order valence-corrected chi connectivity index (χ1v) is 10.9. The Kier molecular flexibility index (Phi) is 5.89. The van der Waals surface area contributed by atoms with E-state index in [0.717, 1.165) is 12.8 Å². The van der Waals surface area contributed by atoms with Gasteiger partial charge in [-0.05, 0) is 54.4 Å². The van der Waals surface area contributed by atoms with Gasteiger partial charge >= 0.3 is 6.08 Å². The summed E-state index contributed by atoms with van der Waals surface area (Å²) in [5, 5.41) is 2.92. The van der Waals surface area contributed by atoms with E-state index in [1.54, 1.807) is 4.57 Å². The van der Waals surface area contributed by atoms with Gasteiger partial charge in [0.2, 0.25) is 5.91 Å². The number of aromatic nitrogens is 4. The first kappa shape index (κ1) is 21.2. The largest absolute Gasteiger partial charge is 0.382 e. The molecule has 3 N–H and O–H groups in total. The lowest BCUT2D eigenvalue weighted by atomic mass is 9.98. The number of carbonyl (C=O) groups excluding carboxylic acids is 1. The van der Waals surface area contributed by atoms with Crippen LogP contribution in [-0.4, -0.2) is 32.0 Å². The van der Waals surface area contributed by atoms with Crippen LogP contribution < -0.4 is 11.1 Å². The maximum absolute atomic E-state index is 13.9. The Morgan fingerprint density at radius 1 is 1.23 bits per heavy atom. The average Bonchev–Trinajstić information content (AvgIpc) is 3.29. The van der Waals surface area contributed by atoms with Gasteiger partial charge in [-0.3, -0.25) is 4.79 Å². The molecule has 164 valence electrons. The number of nitrogen functional groups attached to an aromatic ring is 1. The van der Waals surface area contributed by atoms with Crippen LogP contribution in [-0.2, 0) is 30.6 Å². The van der Waals surface area contributed by atoms with Gasteiger partial charge in [-0.15, -0.1) is 0 Å². The van der Waals surface area contributed by atoms with Crippen LogP contribution in [0.4, 0.5) is 10.2 Å². The summed E-state index contributed by atoms with van der Waals surface area (Å²) < 4.78 is 15.7. The molecule has 0 saturated carbocycles. The molecule has 3 aromatic rings. The summed E-state index contributed by atoms with van der Waals surface area (Å²) in [7, 11) is 0. The summed E-state index contributed by atoms with van der Waals surface area (Å²) in [5.41, 5.74) is 11.8. The molecule has 2 aromatic heterocycles. The summed E-state index contributed by atoms with van der Waals surface area (Å²) in [4.78, 5) is 24.5. The van der Waals surface area contributed by atoms with Crippen molar-refractivity contribution in [3.63, 3.8) is 0 Å². The quantitative estimate of drug-likeness (QED) is 0.568. The number of hydrogen-bond donors (Lipinski definition) is 2. The van der Waals surface area contributed by atoms with E-state index < -0.39 is 6.08 Å². The second-order valence-electron chi connectivity index (χ2n) is 8.76. The summed E-state index contributed by atoms with van der Waals surface area (Å²) in [6.07, 6.45) is 3.33. The highest BCUT2D eigenvalue weighted by Gasteiger charge is 2.20. The number of halogens is 1. The molecule has 0 radical (unpaired) electrons. The number of imidazole rings is 1. The molecule has 4 rings (SSSR count). The minimum Gasteiger partial charge on any atom is -0.382 e. The van der Waals surface area contributed by atoms with E-state index in [4.69, 9.17) is 5.73 Å². The van der Waals surface area contributed by atoms with Crippen LogP contribution in [0, 0.1) is 18.9 Å². The normalized spacial score (nSPS) is 13.2. The molecule has 1 amide bonds. The van der Waals surface area contributed by atoms with Crippen LogP contribution in [0.2, 0.25) is 0 Å². The molecule has 0 saturated heterocycles. The van der Waals surface area contributed by atoms with E-state index in [2.05, 4.69) is 39.3 Å². The number of hydrogen-bond acceptors (Lipinski definition) is 5. The number of benzene rings is 1. The molecular formula is C23H29FN6O. The van der Waals surface area contributed by atoms with E-state index >= 15 is 0 Å². The molecule has 31 heavy (non-hydrogen) atoms. The van der Waals surface area contributed by atoms with Crippen LogP contribution >= 0.6 is 0 Å². The second-order valence-corrected chi connectivity index (χ2v) is 8.76. The predicted octanol–water partition coefficient (Wildman–Crippen LogP) is 3.10. The molecule has 2 heterocycles. The van der Waals surface area contributed by atoms with Crippen LogP contribution in [0.1, 0.15) is 54.8 Å². The van der Waals surface area contributed by atoms with E-state index in [-0.39, 0.29) is 18.1 Å². The highest BCUT2D eigenvalue weighted by Crippen LogP contribution is 2.28. The summed E-state index contributed by atoms with van der Waals surface area (Å²) in [5.74, 6) is 1.03. The smallest absolute Gasteiger partial charge is 0.312 e. The molecular weight excluding hydrogens is 395 g/mol. The Balaban J connectivity index is 1.67. The van der Waals surface area contributed by atoms with Crippen molar-refractivity contribution >= 4 is 22.9 Å². The molecule has 0 fully saturated rings. The molecule has 1 aliphatic carbocycles. The maximum atomic E-state index is 13.9. The van der Waals surface area contributed by atoms with Crippen molar-refractivity contribution in [3.8, 4) is 0 Å². The maximum Gasteiger partial charge on any atom is 0.312 e. The third kappa shape index (κ3) is 4.52. The van der Waals surface area contributed by atoms with Crippen LogP contribution in [0.3, 0.4) is 0 Å². The highest BCUT2D eigenvalue weighted by molar-refractivity contribution is 5.82. The first-order valence-electron chi connectivity index (χ1n) is 10.9. The number of aryl methyl sites for hydroxylation is 4. The van der Waals surface area contributed by atoms with Gasteiger partial charge in [-0.25, -0.2) is 4.98 Å². The lowest BCUT2D eigenvalue weighted by Crippen LogP contribution is -2.28. The molecule has 0 atom stereocenters. The lowest BCUT2D eigenvalue weighted by molar-refractivity contribution is -0.121. The number of nitrogens with two attached hydrogens (primary N) is 1. The molecule has 7 nitrogen and oxygen atoms in total. The third-order valence-corrected chi connectivity index (χ3v) is 5.84. The third-order valence-electron chi connectivity index (χ3n) is 5.84. The predicted molar refractivity (Wildman–Crippen MR) is 118 cm³/mol. The molecule has 1 aliphatic rings. The van der Waals surface area contributed by atoms with E-state index in [1.807, 2.05) is 13.8 Å². The zero-order valence-corrected chi connectivity index (χ0v) is 18.3. The SMILES string of the molecule is Cc1cc2c(cc1Cc1nc3c(N)nc(F)nc3n1CCC(=O)NCC(C)C)CCC2. The van der Waals surface area contributed by atoms with Crippen molar-refractivity contribution in [2.24, 2.45) is 5.92 Å². The van der Waals surface area contributed by atoms with E-state index in [1.165, 1.54) is 28.7 Å². The monoisotopic (exact) mass is 424 g/mol. The Hall–Kier alpha value is -3.03. The number of fused-ring (bicyclic) bond motifs is 2. The van der Waals surface area contributed by atoms with Crippen LogP contribution in [0.15, 0.2) is 12.1 Å². The molecule has 0 unspecified atom stereocenters. The molecule has 1 aromatic carbocycles. The molecule has 0 aliphatic heterocycles. The van der Waals surface area contributed by atoms with Gasteiger partial charge in [0.25, 0.3) is 0 Å². The van der Waals surface area contributed by atoms with Crippen molar-refractivity contribution in [2.75, 3.05) is 12.3 Å². The van der Waals surface area contributed by atoms with Gasteiger partial charge < -0.3 is 15.6 Å². The van der Waals surface area contributed by atoms with Crippen LogP contribution in [0.5, 0.6) is 0 Å². The topological polar surface area (TPSA) is 98.7 Å². The van der Waals surface area contributed by atoms with Crippen molar-refractivity contribution in [1.29, 1.82) is 0 Å². The average molecular weight is 425 g/mol. The van der Waals surface area contributed by atoms with Crippen molar-refractivity contribution in [1.82, 2.24) is 24.8 Å². The van der Waals surface area contributed by atoms with Crippen LogP contribution in [0.25, 0.3) is 11.2 Å². The Morgan fingerprint density at radius 2 is 1.97 bits per heavy atom. The molecule has 0 spiro atoms. The first-order chi connectivity index (χ1) is 14.8. The number of carbonyl (C=O) groups is 1. The highest BCUT2D eigenvalue weighted by atomic mass is 19.1. The van der Waals surface area contributed by atoms with Gasteiger partial charge in [-0.1, -0.05) is 26.0 Å². The Labute approximate surface area is 181 Å². The molecule has 8 heteroatoms. The van der Waals surface area contributed by atoms with Crippen molar-refractivity contribution in [3.05, 3.63) is 46.3 Å². The zero-order chi connectivity index (χ0) is 22.1.